The molecule has 3 aromatic heterocycles. The Hall–Kier alpha value is -3.54. The molecule has 0 spiro atoms. The summed E-state index contributed by atoms with van der Waals surface area (Å²) in [6.45, 7) is 6.72. The average Bonchev–Trinajstić information content (AvgIpc) is 3.05. The second-order valence-electron chi connectivity index (χ2n) is 7.72. The fraction of sp³-hybridized carbons (Fsp3) is 0.250. The number of rotatable bonds is 4. The van der Waals surface area contributed by atoms with Crippen molar-refractivity contribution in [3.8, 4) is 5.69 Å². The first kappa shape index (κ1) is 18.5. The predicted octanol–water partition coefficient (Wildman–Crippen LogP) is 4.70. The van der Waals surface area contributed by atoms with E-state index in [2.05, 4.69) is 26.0 Å². The fourth-order valence-corrected chi connectivity index (χ4v) is 3.95. The summed E-state index contributed by atoms with van der Waals surface area (Å²) in [5.74, 6) is 0.710. The molecule has 30 heavy (non-hydrogen) atoms. The number of para-hydroxylation sites is 2. The van der Waals surface area contributed by atoms with E-state index in [-0.39, 0.29) is 5.56 Å². The van der Waals surface area contributed by atoms with E-state index in [1.165, 1.54) is 5.56 Å². The van der Waals surface area contributed by atoms with Crippen molar-refractivity contribution in [2.24, 2.45) is 0 Å². The lowest BCUT2D eigenvalue weighted by Crippen LogP contribution is -2.24. The van der Waals surface area contributed by atoms with Crippen LogP contribution in [0.2, 0.25) is 0 Å². The van der Waals surface area contributed by atoms with E-state index in [4.69, 9.17) is 15.0 Å². The van der Waals surface area contributed by atoms with Gasteiger partial charge in [-0.05, 0) is 44.5 Å². The summed E-state index contributed by atoms with van der Waals surface area (Å²) >= 11 is 0. The highest BCUT2D eigenvalue weighted by molar-refractivity contribution is 6.05. The first-order valence-electron chi connectivity index (χ1n) is 10.3. The lowest BCUT2D eigenvalue weighted by molar-refractivity contribution is 0.591. The minimum Gasteiger partial charge on any atom is -0.296 e. The highest BCUT2D eigenvalue weighted by atomic mass is 16.1. The largest absolute Gasteiger partial charge is 0.296 e. The van der Waals surface area contributed by atoms with Gasteiger partial charge in [0.05, 0.1) is 11.0 Å². The van der Waals surface area contributed by atoms with Gasteiger partial charge < -0.3 is 0 Å². The van der Waals surface area contributed by atoms with Gasteiger partial charge in [-0.3, -0.25) is 13.9 Å². The molecule has 5 aromatic rings. The third-order valence-electron chi connectivity index (χ3n) is 5.58. The van der Waals surface area contributed by atoms with E-state index in [0.717, 1.165) is 29.6 Å². The Bertz CT molecular complexity index is 1460. The molecule has 0 aliphatic heterocycles. The van der Waals surface area contributed by atoms with Crippen LogP contribution in [0.5, 0.6) is 0 Å². The number of aromatic nitrogens is 5. The second-order valence-corrected chi connectivity index (χ2v) is 7.72. The van der Waals surface area contributed by atoms with Gasteiger partial charge in [0.1, 0.15) is 16.7 Å². The molecule has 0 bridgehead atoms. The summed E-state index contributed by atoms with van der Waals surface area (Å²) in [4.78, 5) is 28.1. The highest BCUT2D eigenvalue weighted by Crippen LogP contribution is 2.28. The van der Waals surface area contributed by atoms with Crippen molar-refractivity contribution >= 4 is 33.2 Å². The lowest BCUT2D eigenvalue weighted by atomic mass is 10.2. The van der Waals surface area contributed by atoms with Crippen LogP contribution in [0.3, 0.4) is 0 Å². The number of aryl methyl sites for hydroxylation is 2. The molecule has 6 heteroatoms. The third-order valence-corrected chi connectivity index (χ3v) is 5.58. The summed E-state index contributed by atoms with van der Waals surface area (Å²) in [7, 11) is 0. The van der Waals surface area contributed by atoms with E-state index >= 15 is 0 Å². The Morgan fingerprint density at radius 3 is 2.27 bits per heavy atom. The standard InChI is InChI=1S/C24H23N5O/c1-4-5-14-28-16(3)25-22-20(24(28)30)21-23(27-19-9-7-6-8-18(19)26-21)29(22)17-12-10-15(2)11-13-17/h6-13H,4-5,14H2,1-3H3. The monoisotopic (exact) mass is 397 g/mol. The van der Waals surface area contributed by atoms with Crippen molar-refractivity contribution in [1.29, 1.82) is 0 Å². The van der Waals surface area contributed by atoms with Crippen LogP contribution in [0, 0.1) is 13.8 Å². The molecule has 0 radical (unpaired) electrons. The molecule has 150 valence electrons. The Morgan fingerprint density at radius 2 is 1.57 bits per heavy atom. The maximum absolute atomic E-state index is 13.5. The summed E-state index contributed by atoms with van der Waals surface area (Å²) in [5.41, 5.74) is 5.48. The molecular weight excluding hydrogens is 374 g/mol. The first-order chi connectivity index (χ1) is 14.6. The second kappa shape index (κ2) is 7.06. The molecular formula is C24H23N5O. The van der Waals surface area contributed by atoms with E-state index in [0.29, 0.717) is 34.6 Å². The number of hydrogen-bond acceptors (Lipinski definition) is 4. The topological polar surface area (TPSA) is 65.6 Å². The average molecular weight is 397 g/mol. The Balaban J connectivity index is 1.96. The maximum Gasteiger partial charge on any atom is 0.265 e. The van der Waals surface area contributed by atoms with E-state index in [9.17, 15) is 4.79 Å². The van der Waals surface area contributed by atoms with Gasteiger partial charge in [0.15, 0.2) is 11.3 Å². The minimum atomic E-state index is -0.0496. The van der Waals surface area contributed by atoms with E-state index in [1.54, 1.807) is 4.57 Å². The van der Waals surface area contributed by atoms with Gasteiger partial charge >= 0.3 is 0 Å². The number of unbranched alkanes of at least 4 members (excludes halogenated alkanes) is 1. The van der Waals surface area contributed by atoms with Crippen LogP contribution in [0.1, 0.15) is 31.2 Å². The Kier molecular flexibility index (Phi) is 4.35. The van der Waals surface area contributed by atoms with Crippen LogP contribution < -0.4 is 5.56 Å². The van der Waals surface area contributed by atoms with Crippen molar-refractivity contribution in [3.05, 3.63) is 70.3 Å². The van der Waals surface area contributed by atoms with Crippen LogP contribution >= 0.6 is 0 Å². The quantitative estimate of drug-likeness (QED) is 0.441. The molecule has 0 N–H and O–H groups in total. The van der Waals surface area contributed by atoms with Crippen LogP contribution in [0.25, 0.3) is 38.9 Å². The van der Waals surface area contributed by atoms with Crippen molar-refractivity contribution in [2.45, 2.75) is 40.2 Å². The van der Waals surface area contributed by atoms with Gasteiger partial charge in [-0.15, -0.1) is 0 Å². The number of hydrogen-bond donors (Lipinski definition) is 0. The van der Waals surface area contributed by atoms with Crippen LogP contribution in [0.4, 0.5) is 0 Å². The predicted molar refractivity (Wildman–Crippen MR) is 120 cm³/mol. The Labute approximate surface area is 173 Å². The molecule has 0 atom stereocenters. The van der Waals surface area contributed by atoms with Gasteiger partial charge in [0.25, 0.3) is 5.56 Å². The van der Waals surface area contributed by atoms with Gasteiger partial charge in [-0.2, -0.15) is 0 Å². The molecule has 0 aliphatic rings. The van der Waals surface area contributed by atoms with Crippen LogP contribution in [-0.4, -0.2) is 24.1 Å². The molecule has 0 aliphatic carbocycles. The fourth-order valence-electron chi connectivity index (χ4n) is 3.95. The number of benzene rings is 2. The van der Waals surface area contributed by atoms with Crippen molar-refractivity contribution in [2.75, 3.05) is 0 Å². The molecule has 2 aromatic carbocycles. The summed E-state index contributed by atoms with van der Waals surface area (Å²) in [6, 6.07) is 15.9. The third kappa shape index (κ3) is 2.79. The smallest absolute Gasteiger partial charge is 0.265 e. The molecule has 0 saturated carbocycles. The Morgan fingerprint density at radius 1 is 0.867 bits per heavy atom. The molecule has 0 fully saturated rings. The van der Waals surface area contributed by atoms with Crippen molar-refractivity contribution in [1.82, 2.24) is 24.1 Å². The molecule has 5 rings (SSSR count). The maximum atomic E-state index is 13.5. The molecule has 6 nitrogen and oxygen atoms in total. The lowest BCUT2D eigenvalue weighted by Gasteiger charge is -2.10. The van der Waals surface area contributed by atoms with Crippen LogP contribution in [-0.2, 0) is 6.54 Å². The normalized spacial score (nSPS) is 11.7. The molecule has 0 saturated heterocycles. The van der Waals surface area contributed by atoms with Gasteiger partial charge in [-0.1, -0.05) is 43.2 Å². The van der Waals surface area contributed by atoms with Gasteiger partial charge in [0.2, 0.25) is 0 Å². The van der Waals surface area contributed by atoms with E-state index in [1.807, 2.05) is 47.9 Å². The van der Waals surface area contributed by atoms with Crippen molar-refractivity contribution in [3.63, 3.8) is 0 Å². The summed E-state index contributed by atoms with van der Waals surface area (Å²) in [5, 5.41) is 0.533. The first-order valence-corrected chi connectivity index (χ1v) is 10.3. The van der Waals surface area contributed by atoms with Crippen LogP contribution in [0.15, 0.2) is 53.3 Å². The summed E-state index contributed by atoms with van der Waals surface area (Å²) in [6.07, 6.45) is 1.94. The van der Waals surface area contributed by atoms with Gasteiger partial charge in [-0.25, -0.2) is 15.0 Å². The van der Waals surface area contributed by atoms with Crippen molar-refractivity contribution < 1.29 is 0 Å². The zero-order chi connectivity index (χ0) is 20.8. The molecule has 3 heterocycles. The number of nitrogens with zero attached hydrogens (tertiary/aromatic N) is 5. The SMILES string of the molecule is CCCCn1c(C)nc2c(c1=O)c1nc3ccccc3nc1n2-c1ccc(C)cc1. The number of fused-ring (bicyclic) bond motifs is 4. The molecule has 0 unspecified atom stereocenters. The van der Waals surface area contributed by atoms with E-state index < -0.39 is 0 Å². The zero-order valence-corrected chi connectivity index (χ0v) is 17.4. The molecule has 0 amide bonds. The highest BCUT2D eigenvalue weighted by Gasteiger charge is 2.21. The summed E-state index contributed by atoms with van der Waals surface area (Å²) < 4.78 is 3.73. The van der Waals surface area contributed by atoms with Gasteiger partial charge in [0, 0.05) is 12.2 Å². The zero-order valence-electron chi connectivity index (χ0n) is 17.4. The minimum absolute atomic E-state index is 0.0496.